The van der Waals surface area contributed by atoms with Crippen molar-refractivity contribution in [2.24, 2.45) is 11.7 Å². The van der Waals surface area contributed by atoms with Crippen LogP contribution in [-0.4, -0.2) is 41.2 Å². The number of aryl methyl sites for hydroxylation is 1. The Bertz CT molecular complexity index is 1310. The lowest BCUT2D eigenvalue weighted by Gasteiger charge is -2.28. The number of carbonyl (C=O) groups excluding carboxylic acids is 3. The molecule has 3 N–H and O–H groups in total. The second-order valence-electron chi connectivity index (χ2n) is 9.19. The van der Waals surface area contributed by atoms with Crippen LogP contribution in [0.1, 0.15) is 39.9 Å². The average Bonchev–Trinajstić information content (AvgIpc) is 3.23. The van der Waals surface area contributed by atoms with E-state index in [0.29, 0.717) is 17.7 Å². The molecule has 1 saturated heterocycles. The zero-order chi connectivity index (χ0) is 26.5. The summed E-state index contributed by atoms with van der Waals surface area (Å²) in [5.74, 6) is -3.02. The van der Waals surface area contributed by atoms with Crippen LogP contribution in [0.3, 0.4) is 0 Å². The predicted octanol–water partition coefficient (Wildman–Crippen LogP) is 4.70. The predicted molar refractivity (Wildman–Crippen MR) is 141 cm³/mol. The Morgan fingerprint density at radius 2 is 1.70 bits per heavy atom. The molecule has 0 saturated carbocycles. The maximum Gasteiger partial charge on any atom is 0.318 e. The lowest BCUT2D eigenvalue weighted by molar-refractivity contribution is -0.122. The molecule has 7 heteroatoms. The number of hydrogen-bond acceptors (Lipinski definition) is 3. The topological polar surface area (TPSA) is 92.5 Å². The highest BCUT2D eigenvalue weighted by atomic mass is 19.1. The summed E-state index contributed by atoms with van der Waals surface area (Å²) in [6.45, 7) is 3.99. The zero-order valence-electron chi connectivity index (χ0n) is 20.8. The van der Waals surface area contributed by atoms with Gasteiger partial charge in [-0.25, -0.2) is 9.18 Å². The molecule has 4 atom stereocenters. The number of ketones is 1. The van der Waals surface area contributed by atoms with Gasteiger partial charge in [-0.3, -0.25) is 9.59 Å². The van der Waals surface area contributed by atoms with Gasteiger partial charge in [-0.15, -0.1) is 0 Å². The van der Waals surface area contributed by atoms with Crippen molar-refractivity contribution in [1.29, 1.82) is 0 Å². The molecule has 0 spiro atoms. The first-order chi connectivity index (χ1) is 17.8. The number of nitrogens with zero attached hydrogens (tertiary/aromatic N) is 1. The number of hydrogen-bond donors (Lipinski definition) is 2. The first kappa shape index (κ1) is 25.8. The molecule has 0 bridgehead atoms. The molecule has 3 amide bonds. The largest absolute Gasteiger partial charge is 0.368 e. The van der Waals surface area contributed by atoms with E-state index < -0.39 is 41.7 Å². The molecule has 0 aromatic heterocycles. The fraction of sp³-hybridized carbons (Fsp3) is 0.233. The summed E-state index contributed by atoms with van der Waals surface area (Å²) < 4.78 is 13.8. The van der Waals surface area contributed by atoms with Crippen molar-refractivity contribution >= 4 is 23.8 Å². The second kappa shape index (κ2) is 11.2. The minimum Gasteiger partial charge on any atom is -0.368 e. The Balaban J connectivity index is 1.92. The van der Waals surface area contributed by atoms with Gasteiger partial charge in [-0.2, -0.15) is 0 Å². The summed E-state index contributed by atoms with van der Waals surface area (Å²) >= 11 is 0. The van der Waals surface area contributed by atoms with Gasteiger partial charge in [0.1, 0.15) is 11.9 Å². The number of rotatable bonds is 7. The maximum atomic E-state index is 14.1. The van der Waals surface area contributed by atoms with Crippen LogP contribution in [0.25, 0.3) is 6.08 Å². The number of primary amides is 1. The van der Waals surface area contributed by atoms with Gasteiger partial charge in [0.25, 0.3) is 0 Å². The van der Waals surface area contributed by atoms with Crippen molar-refractivity contribution < 1.29 is 18.8 Å². The van der Waals surface area contributed by atoms with Crippen LogP contribution in [0.2, 0.25) is 0 Å². The molecule has 0 aliphatic carbocycles. The van der Waals surface area contributed by atoms with E-state index in [-0.39, 0.29) is 5.78 Å². The van der Waals surface area contributed by atoms with Crippen molar-refractivity contribution in [2.75, 3.05) is 6.54 Å². The smallest absolute Gasteiger partial charge is 0.318 e. The number of Topliss-reactive ketones (excluding diaryl/α,β-unsaturated/α-hetero) is 1. The van der Waals surface area contributed by atoms with E-state index in [1.54, 1.807) is 43.3 Å². The Kier molecular flexibility index (Phi) is 7.82. The molecule has 1 heterocycles. The van der Waals surface area contributed by atoms with Crippen molar-refractivity contribution in [3.05, 3.63) is 113 Å². The maximum absolute atomic E-state index is 14.1. The molecule has 4 rings (SSSR count). The van der Waals surface area contributed by atoms with Crippen molar-refractivity contribution in [3.8, 4) is 0 Å². The third-order valence-electron chi connectivity index (χ3n) is 6.72. The first-order valence-electron chi connectivity index (χ1n) is 12.3. The number of urea groups is 1. The quantitative estimate of drug-likeness (QED) is 0.462. The summed E-state index contributed by atoms with van der Waals surface area (Å²) in [4.78, 5) is 41.8. The molecule has 3 aromatic carbocycles. The summed E-state index contributed by atoms with van der Waals surface area (Å²) in [5.41, 5.74) is 8.71. The van der Waals surface area contributed by atoms with E-state index in [0.717, 1.165) is 11.1 Å². The molecule has 37 heavy (non-hydrogen) atoms. The number of nitrogens with two attached hydrogens (primary N) is 1. The van der Waals surface area contributed by atoms with Gasteiger partial charge in [-0.1, -0.05) is 78.4 Å². The van der Waals surface area contributed by atoms with Crippen molar-refractivity contribution in [1.82, 2.24) is 10.2 Å². The molecule has 4 unspecified atom stereocenters. The third-order valence-corrected chi connectivity index (χ3v) is 6.72. The summed E-state index contributed by atoms with van der Waals surface area (Å²) in [7, 11) is 0. The normalized spacial score (nSPS) is 21.2. The standard InChI is InChI=1S/C30H30FN3O3/c1-3-33-30(37)34-24(17-12-20-9-5-4-6-10-20)26(28(35)22-11-7-8-19(2)18-22)25(27(34)29(32)36)21-13-15-23(31)16-14-21/h4-18,24-27H,3H2,1-2H3,(H2,32,36)(H,33,37). The molecule has 6 nitrogen and oxygen atoms in total. The van der Waals surface area contributed by atoms with Crippen LogP contribution in [0, 0.1) is 18.7 Å². The lowest BCUT2D eigenvalue weighted by Crippen LogP contribution is -2.52. The Hall–Kier alpha value is -4.26. The van der Waals surface area contributed by atoms with E-state index in [9.17, 15) is 18.8 Å². The average molecular weight is 500 g/mol. The van der Waals surface area contributed by atoms with Gasteiger partial charge in [0.2, 0.25) is 5.91 Å². The van der Waals surface area contributed by atoms with Gasteiger partial charge in [-0.05, 0) is 43.2 Å². The molecular weight excluding hydrogens is 469 g/mol. The van der Waals surface area contributed by atoms with Crippen LogP contribution in [0.15, 0.2) is 84.9 Å². The molecule has 3 aromatic rings. The molecule has 0 radical (unpaired) electrons. The number of amides is 3. The van der Waals surface area contributed by atoms with Crippen LogP contribution in [0.5, 0.6) is 0 Å². The van der Waals surface area contributed by atoms with E-state index in [1.807, 2.05) is 49.4 Å². The molecule has 1 aliphatic heterocycles. The number of nitrogens with one attached hydrogen (secondary N) is 1. The van der Waals surface area contributed by atoms with E-state index >= 15 is 0 Å². The minimum absolute atomic E-state index is 0.223. The Morgan fingerprint density at radius 1 is 1.00 bits per heavy atom. The van der Waals surface area contributed by atoms with Crippen LogP contribution < -0.4 is 11.1 Å². The lowest BCUT2D eigenvalue weighted by atomic mass is 9.77. The molecule has 1 fully saturated rings. The van der Waals surface area contributed by atoms with Crippen LogP contribution >= 0.6 is 0 Å². The fourth-order valence-corrected chi connectivity index (χ4v) is 5.13. The molecular formula is C30H30FN3O3. The summed E-state index contributed by atoms with van der Waals surface area (Å²) in [6.07, 6.45) is 3.61. The number of likely N-dealkylation sites (tertiary alicyclic amines) is 1. The van der Waals surface area contributed by atoms with Gasteiger partial charge in [0, 0.05) is 18.0 Å². The van der Waals surface area contributed by atoms with Gasteiger partial charge >= 0.3 is 6.03 Å². The third kappa shape index (κ3) is 5.45. The SMILES string of the molecule is CCNC(=O)N1C(C=Cc2ccccc2)C(C(=O)c2cccc(C)c2)C(c2ccc(F)cc2)C1C(N)=O. The molecule has 1 aliphatic rings. The van der Waals surface area contributed by atoms with Crippen molar-refractivity contribution in [2.45, 2.75) is 31.8 Å². The van der Waals surface area contributed by atoms with Crippen LogP contribution in [-0.2, 0) is 4.79 Å². The van der Waals surface area contributed by atoms with E-state index in [4.69, 9.17) is 5.73 Å². The number of benzene rings is 3. The number of carbonyl (C=O) groups is 3. The number of halogens is 1. The highest BCUT2D eigenvalue weighted by Gasteiger charge is 2.55. The highest BCUT2D eigenvalue weighted by molar-refractivity contribution is 6.02. The summed E-state index contributed by atoms with van der Waals surface area (Å²) in [5, 5.41) is 2.76. The van der Waals surface area contributed by atoms with Crippen molar-refractivity contribution in [3.63, 3.8) is 0 Å². The second-order valence-corrected chi connectivity index (χ2v) is 9.19. The fourth-order valence-electron chi connectivity index (χ4n) is 5.13. The van der Waals surface area contributed by atoms with Gasteiger partial charge in [0.15, 0.2) is 5.78 Å². The summed E-state index contributed by atoms with van der Waals surface area (Å²) in [6, 6.07) is 19.9. The highest BCUT2D eigenvalue weighted by Crippen LogP contribution is 2.45. The van der Waals surface area contributed by atoms with Gasteiger partial charge in [0.05, 0.1) is 12.0 Å². The van der Waals surface area contributed by atoms with E-state index in [1.165, 1.54) is 17.0 Å². The monoisotopic (exact) mass is 499 g/mol. The zero-order valence-corrected chi connectivity index (χ0v) is 20.8. The van der Waals surface area contributed by atoms with Gasteiger partial charge < -0.3 is 16.0 Å². The van der Waals surface area contributed by atoms with Crippen LogP contribution in [0.4, 0.5) is 9.18 Å². The van der Waals surface area contributed by atoms with E-state index in [2.05, 4.69) is 5.32 Å². The molecule has 190 valence electrons. The Morgan fingerprint density at radius 3 is 2.32 bits per heavy atom. The Labute approximate surface area is 216 Å². The first-order valence-corrected chi connectivity index (χ1v) is 12.3. The minimum atomic E-state index is -1.12.